The summed E-state index contributed by atoms with van der Waals surface area (Å²) in [6.45, 7) is 6.30. The topological polar surface area (TPSA) is 98.7 Å². The molecule has 0 aromatic heterocycles. The molecule has 2 rings (SSSR count). The van der Waals surface area contributed by atoms with Crippen molar-refractivity contribution in [1.82, 2.24) is 15.5 Å². The minimum absolute atomic E-state index is 0.0388. The number of nitrogens with zero attached hydrogens (tertiary/aromatic N) is 1. The zero-order chi connectivity index (χ0) is 20.8. The third-order valence-electron chi connectivity index (χ3n) is 6.24. The SMILES string of the molecule is CCCCNC(=O)[C@@H]1[C@H]2C=C[C@@H](CC)[C@@H](C(=O)NC)[C@H]2C(=O)N1[C@@H](CC)CO. The zero-order valence-electron chi connectivity index (χ0n) is 17.5. The number of likely N-dealkylation sites (tertiary alicyclic amines) is 1. The van der Waals surface area contributed by atoms with Gasteiger partial charge in [0.1, 0.15) is 6.04 Å². The molecular formula is C21H35N3O4. The first kappa shape index (κ1) is 22.4. The summed E-state index contributed by atoms with van der Waals surface area (Å²) >= 11 is 0. The van der Waals surface area contributed by atoms with Gasteiger partial charge < -0.3 is 20.6 Å². The number of rotatable bonds is 9. The average Bonchev–Trinajstić information content (AvgIpc) is 3.00. The van der Waals surface area contributed by atoms with E-state index in [4.69, 9.17) is 0 Å². The fourth-order valence-corrected chi connectivity index (χ4v) is 4.66. The van der Waals surface area contributed by atoms with Crippen LogP contribution in [0.2, 0.25) is 0 Å². The van der Waals surface area contributed by atoms with E-state index in [9.17, 15) is 19.5 Å². The van der Waals surface area contributed by atoms with Crippen molar-refractivity contribution in [3.63, 3.8) is 0 Å². The molecule has 0 aromatic rings. The quantitative estimate of drug-likeness (QED) is 0.403. The van der Waals surface area contributed by atoms with Crippen molar-refractivity contribution >= 4 is 17.7 Å². The lowest BCUT2D eigenvalue weighted by Crippen LogP contribution is -2.52. The van der Waals surface area contributed by atoms with Gasteiger partial charge in [0.25, 0.3) is 0 Å². The lowest BCUT2D eigenvalue weighted by molar-refractivity contribution is -0.143. The van der Waals surface area contributed by atoms with E-state index in [0.717, 1.165) is 19.3 Å². The standard InChI is InChI=1S/C21H35N3O4/c1-5-8-11-23-20(27)18-15-10-9-13(6-2)16(19(26)22-4)17(15)21(28)24(18)14(7-3)12-25/h9-10,13-18,25H,5-8,11-12H2,1-4H3,(H,22,26)(H,23,27)/t13-,14+,15+,16-,17+,18+/m1/s1. The number of allylic oxidation sites excluding steroid dienone is 1. The normalized spacial score (nSPS) is 30.1. The largest absolute Gasteiger partial charge is 0.394 e. The summed E-state index contributed by atoms with van der Waals surface area (Å²) in [4.78, 5) is 40.7. The predicted molar refractivity (Wildman–Crippen MR) is 107 cm³/mol. The average molecular weight is 394 g/mol. The molecular weight excluding hydrogens is 358 g/mol. The maximum Gasteiger partial charge on any atom is 0.243 e. The van der Waals surface area contributed by atoms with Gasteiger partial charge in [0.05, 0.1) is 24.5 Å². The van der Waals surface area contributed by atoms with Crippen LogP contribution in [0.15, 0.2) is 12.2 Å². The first-order valence-electron chi connectivity index (χ1n) is 10.6. The number of hydrogen-bond acceptors (Lipinski definition) is 4. The Kier molecular flexibility index (Phi) is 8.04. The highest BCUT2D eigenvalue weighted by Gasteiger charge is 2.58. The van der Waals surface area contributed by atoms with Crippen LogP contribution in [0.4, 0.5) is 0 Å². The van der Waals surface area contributed by atoms with Crippen LogP contribution in [0, 0.1) is 23.7 Å². The predicted octanol–water partition coefficient (Wildman–Crippen LogP) is 1.08. The number of nitrogens with one attached hydrogen (secondary N) is 2. The second kappa shape index (κ2) is 10.0. The molecule has 1 aliphatic carbocycles. The van der Waals surface area contributed by atoms with Crippen molar-refractivity contribution in [3.05, 3.63) is 12.2 Å². The summed E-state index contributed by atoms with van der Waals surface area (Å²) in [6, 6.07) is -1.12. The van der Waals surface area contributed by atoms with Gasteiger partial charge in [0.2, 0.25) is 17.7 Å². The van der Waals surface area contributed by atoms with E-state index in [-0.39, 0.29) is 36.2 Å². The molecule has 3 amide bonds. The zero-order valence-corrected chi connectivity index (χ0v) is 17.5. The summed E-state index contributed by atoms with van der Waals surface area (Å²) in [5.74, 6) is -2.03. The van der Waals surface area contributed by atoms with Gasteiger partial charge in [-0.25, -0.2) is 0 Å². The van der Waals surface area contributed by atoms with Gasteiger partial charge in [-0.3, -0.25) is 14.4 Å². The fraction of sp³-hybridized carbons (Fsp3) is 0.762. The van der Waals surface area contributed by atoms with E-state index in [0.29, 0.717) is 13.0 Å². The van der Waals surface area contributed by atoms with Gasteiger partial charge in [-0.1, -0.05) is 39.3 Å². The van der Waals surface area contributed by atoms with E-state index in [1.807, 2.05) is 26.0 Å². The third kappa shape index (κ3) is 4.09. The molecule has 1 aliphatic heterocycles. The molecule has 1 saturated heterocycles. The molecule has 7 nitrogen and oxygen atoms in total. The van der Waals surface area contributed by atoms with Crippen molar-refractivity contribution < 1.29 is 19.5 Å². The van der Waals surface area contributed by atoms with Gasteiger partial charge in [0, 0.05) is 19.5 Å². The Labute approximate surface area is 167 Å². The molecule has 6 atom stereocenters. The van der Waals surface area contributed by atoms with E-state index in [1.165, 1.54) is 0 Å². The number of aliphatic hydroxyl groups excluding tert-OH is 1. The molecule has 0 radical (unpaired) electrons. The smallest absolute Gasteiger partial charge is 0.243 e. The van der Waals surface area contributed by atoms with Gasteiger partial charge in [-0.15, -0.1) is 0 Å². The lowest BCUT2D eigenvalue weighted by Gasteiger charge is -2.34. The summed E-state index contributed by atoms with van der Waals surface area (Å²) in [7, 11) is 1.58. The molecule has 158 valence electrons. The summed E-state index contributed by atoms with van der Waals surface area (Å²) in [6.07, 6.45) is 7.06. The van der Waals surface area contributed by atoms with Crippen molar-refractivity contribution in [1.29, 1.82) is 0 Å². The van der Waals surface area contributed by atoms with Crippen LogP contribution in [0.5, 0.6) is 0 Å². The highest BCUT2D eigenvalue weighted by atomic mass is 16.3. The Hall–Kier alpha value is -1.89. The molecule has 0 bridgehead atoms. The number of hydrogen-bond donors (Lipinski definition) is 3. The van der Waals surface area contributed by atoms with E-state index in [2.05, 4.69) is 17.6 Å². The third-order valence-corrected chi connectivity index (χ3v) is 6.24. The summed E-state index contributed by atoms with van der Waals surface area (Å²) < 4.78 is 0. The van der Waals surface area contributed by atoms with E-state index < -0.39 is 23.9 Å². The van der Waals surface area contributed by atoms with Crippen LogP contribution >= 0.6 is 0 Å². The Morgan fingerprint density at radius 2 is 1.93 bits per heavy atom. The second-order valence-corrected chi connectivity index (χ2v) is 7.78. The fourth-order valence-electron chi connectivity index (χ4n) is 4.66. The van der Waals surface area contributed by atoms with E-state index >= 15 is 0 Å². The first-order valence-corrected chi connectivity index (χ1v) is 10.6. The Balaban J connectivity index is 2.44. The Morgan fingerprint density at radius 3 is 2.46 bits per heavy atom. The summed E-state index contributed by atoms with van der Waals surface area (Å²) in [5.41, 5.74) is 0. The van der Waals surface area contributed by atoms with Crippen LogP contribution in [-0.2, 0) is 14.4 Å². The van der Waals surface area contributed by atoms with Crippen molar-refractivity contribution in [2.75, 3.05) is 20.2 Å². The number of fused-ring (bicyclic) bond motifs is 1. The molecule has 0 saturated carbocycles. The van der Waals surface area contributed by atoms with Crippen LogP contribution in [0.25, 0.3) is 0 Å². The van der Waals surface area contributed by atoms with E-state index in [1.54, 1.807) is 11.9 Å². The molecule has 28 heavy (non-hydrogen) atoms. The van der Waals surface area contributed by atoms with Crippen LogP contribution in [-0.4, -0.2) is 60.0 Å². The van der Waals surface area contributed by atoms with Crippen LogP contribution < -0.4 is 10.6 Å². The van der Waals surface area contributed by atoms with Gasteiger partial charge >= 0.3 is 0 Å². The Morgan fingerprint density at radius 1 is 1.21 bits per heavy atom. The van der Waals surface area contributed by atoms with Crippen molar-refractivity contribution in [2.45, 2.75) is 58.5 Å². The molecule has 0 spiro atoms. The Bertz CT molecular complexity index is 602. The second-order valence-electron chi connectivity index (χ2n) is 7.78. The van der Waals surface area contributed by atoms with Crippen LogP contribution in [0.1, 0.15) is 46.5 Å². The molecule has 1 fully saturated rings. The molecule has 0 aromatic carbocycles. The maximum atomic E-state index is 13.5. The maximum absolute atomic E-state index is 13.5. The number of carbonyl (C=O) groups excluding carboxylic acids is 3. The minimum Gasteiger partial charge on any atom is -0.394 e. The van der Waals surface area contributed by atoms with Crippen molar-refractivity contribution in [3.8, 4) is 0 Å². The highest BCUT2D eigenvalue weighted by molar-refractivity contribution is 5.97. The number of aliphatic hydroxyl groups is 1. The van der Waals surface area contributed by atoms with Gasteiger partial charge in [0.15, 0.2) is 0 Å². The molecule has 7 heteroatoms. The summed E-state index contributed by atoms with van der Waals surface area (Å²) in [5, 5.41) is 15.5. The first-order chi connectivity index (χ1) is 13.5. The van der Waals surface area contributed by atoms with Gasteiger partial charge in [-0.2, -0.15) is 0 Å². The van der Waals surface area contributed by atoms with Crippen LogP contribution in [0.3, 0.4) is 0 Å². The highest BCUT2D eigenvalue weighted by Crippen LogP contribution is 2.45. The number of amides is 3. The molecule has 1 heterocycles. The lowest BCUT2D eigenvalue weighted by atomic mass is 9.69. The minimum atomic E-state index is -0.687. The molecule has 2 aliphatic rings. The monoisotopic (exact) mass is 393 g/mol. The van der Waals surface area contributed by atoms with Gasteiger partial charge in [-0.05, 0) is 25.2 Å². The number of carbonyl (C=O) groups is 3. The van der Waals surface area contributed by atoms with Crippen molar-refractivity contribution in [2.24, 2.45) is 23.7 Å². The molecule has 3 N–H and O–H groups in total. The molecule has 0 unspecified atom stereocenters. The number of unbranched alkanes of at least 4 members (excludes halogenated alkanes) is 1.